The second-order valence-corrected chi connectivity index (χ2v) is 5.39. The summed E-state index contributed by atoms with van der Waals surface area (Å²) in [5.41, 5.74) is 0.433. The number of carbonyl (C=O) groups excluding carboxylic acids is 3. The fourth-order valence-corrected chi connectivity index (χ4v) is 2.47. The van der Waals surface area contributed by atoms with E-state index in [1.807, 2.05) is 0 Å². The van der Waals surface area contributed by atoms with Crippen LogP contribution in [0.1, 0.15) is 24.2 Å². The van der Waals surface area contributed by atoms with Crippen molar-refractivity contribution in [2.45, 2.75) is 38.2 Å². The average Bonchev–Trinajstić information content (AvgIpc) is 2.53. The summed E-state index contributed by atoms with van der Waals surface area (Å²) in [4.78, 5) is 34.9. The van der Waals surface area contributed by atoms with Crippen molar-refractivity contribution in [3.05, 3.63) is 48.0 Å². The lowest BCUT2D eigenvalue weighted by molar-refractivity contribution is -0.174. The summed E-state index contributed by atoms with van der Waals surface area (Å²) in [6, 6.07) is 7.77. The molecule has 0 bridgehead atoms. The summed E-state index contributed by atoms with van der Waals surface area (Å²) < 4.78 is 10.2. The van der Waals surface area contributed by atoms with Gasteiger partial charge in [0.15, 0.2) is 12.2 Å². The molecule has 1 aromatic carbocycles. The monoisotopic (exact) mass is 333 g/mol. The lowest BCUT2D eigenvalue weighted by atomic mass is 9.93. The van der Waals surface area contributed by atoms with Crippen molar-refractivity contribution in [2.75, 3.05) is 0 Å². The van der Waals surface area contributed by atoms with Crippen molar-refractivity contribution in [2.24, 2.45) is 0 Å². The third-order valence-corrected chi connectivity index (χ3v) is 3.47. The second kappa shape index (κ2) is 7.74. The van der Waals surface area contributed by atoms with Crippen molar-refractivity contribution in [1.82, 2.24) is 5.32 Å². The van der Waals surface area contributed by atoms with Gasteiger partial charge in [0, 0.05) is 19.4 Å². The van der Waals surface area contributed by atoms with E-state index in [-0.39, 0.29) is 5.91 Å². The summed E-state index contributed by atoms with van der Waals surface area (Å²) in [7, 11) is 0. The lowest BCUT2D eigenvalue weighted by Gasteiger charge is -2.36. The minimum atomic E-state index is -1.14. The number of hydrogen-bond donors (Lipinski definition) is 2. The van der Waals surface area contributed by atoms with Crippen molar-refractivity contribution < 1.29 is 29.0 Å². The quantitative estimate of drug-likeness (QED) is 0.617. The molecule has 24 heavy (non-hydrogen) atoms. The fourth-order valence-electron chi connectivity index (χ4n) is 2.47. The van der Waals surface area contributed by atoms with E-state index in [1.54, 1.807) is 30.3 Å². The van der Waals surface area contributed by atoms with Gasteiger partial charge in [-0.3, -0.25) is 14.4 Å². The number of ether oxygens (including phenoxy) is 2. The first kappa shape index (κ1) is 17.7. The Balaban J connectivity index is 2.21. The van der Waals surface area contributed by atoms with E-state index in [0.29, 0.717) is 5.56 Å². The van der Waals surface area contributed by atoms with Crippen molar-refractivity contribution in [3.63, 3.8) is 0 Å². The molecule has 0 fully saturated rings. The van der Waals surface area contributed by atoms with E-state index in [2.05, 4.69) is 5.32 Å². The minimum Gasteiger partial charge on any atom is -0.456 e. The molecule has 0 heterocycles. The highest BCUT2D eigenvalue weighted by atomic mass is 16.6. The third-order valence-electron chi connectivity index (χ3n) is 3.47. The maximum atomic E-state index is 12.3. The van der Waals surface area contributed by atoms with E-state index in [0.717, 1.165) is 0 Å². The molecule has 0 saturated carbocycles. The minimum absolute atomic E-state index is 0.375. The second-order valence-electron chi connectivity index (χ2n) is 5.39. The Labute approximate surface area is 139 Å². The Morgan fingerprint density at radius 1 is 0.958 bits per heavy atom. The maximum absolute atomic E-state index is 12.3. The highest BCUT2D eigenvalue weighted by molar-refractivity contribution is 5.94. The Hall–Kier alpha value is -2.67. The number of rotatable bonds is 4. The molecule has 1 amide bonds. The molecule has 0 aliphatic heterocycles. The van der Waals surface area contributed by atoms with Gasteiger partial charge in [-0.1, -0.05) is 30.4 Å². The predicted octanol–water partition coefficient (Wildman–Crippen LogP) is 0.579. The zero-order chi connectivity index (χ0) is 17.7. The van der Waals surface area contributed by atoms with Gasteiger partial charge in [-0.15, -0.1) is 0 Å². The van der Waals surface area contributed by atoms with Gasteiger partial charge in [0.25, 0.3) is 5.91 Å². The molecule has 2 rings (SSSR count). The maximum Gasteiger partial charge on any atom is 0.303 e. The number of hydrogen-bond acceptors (Lipinski definition) is 6. The van der Waals surface area contributed by atoms with Crippen LogP contribution in [0.5, 0.6) is 0 Å². The summed E-state index contributed by atoms with van der Waals surface area (Å²) in [5.74, 6) is -1.61. The van der Waals surface area contributed by atoms with E-state index < -0.39 is 36.3 Å². The molecule has 7 heteroatoms. The SMILES string of the molecule is CC(=O)OC1C(O)C=CC(NC(=O)c2ccccc2)C1OC(C)=O. The Morgan fingerprint density at radius 3 is 2.12 bits per heavy atom. The number of carbonyl (C=O) groups is 3. The fraction of sp³-hybridized carbons (Fsp3) is 0.353. The highest BCUT2D eigenvalue weighted by Gasteiger charge is 2.41. The predicted molar refractivity (Wildman–Crippen MR) is 84.0 cm³/mol. The van der Waals surface area contributed by atoms with Crippen LogP contribution < -0.4 is 5.32 Å². The van der Waals surface area contributed by atoms with Crippen LogP contribution >= 0.6 is 0 Å². The highest BCUT2D eigenvalue weighted by Crippen LogP contribution is 2.21. The normalized spacial score (nSPS) is 25.6. The van der Waals surface area contributed by atoms with Crippen LogP contribution in [0.25, 0.3) is 0 Å². The molecule has 0 aromatic heterocycles. The van der Waals surface area contributed by atoms with Gasteiger partial charge in [-0.2, -0.15) is 0 Å². The van der Waals surface area contributed by atoms with Crippen LogP contribution in [-0.4, -0.2) is 47.3 Å². The molecular formula is C17H19NO6. The molecule has 1 aliphatic rings. The van der Waals surface area contributed by atoms with Crippen LogP contribution in [0.2, 0.25) is 0 Å². The Kier molecular flexibility index (Phi) is 5.70. The topological polar surface area (TPSA) is 102 Å². The molecule has 4 atom stereocenters. The number of benzene rings is 1. The van der Waals surface area contributed by atoms with Crippen molar-refractivity contribution >= 4 is 17.8 Å². The summed E-state index contributed by atoms with van der Waals surface area (Å²) in [5, 5.41) is 12.7. The average molecular weight is 333 g/mol. The summed E-state index contributed by atoms with van der Waals surface area (Å²) in [6.07, 6.45) is -0.359. The van der Waals surface area contributed by atoms with E-state index in [9.17, 15) is 19.5 Å². The van der Waals surface area contributed by atoms with Gasteiger partial charge in [-0.25, -0.2) is 0 Å². The van der Waals surface area contributed by atoms with Crippen LogP contribution in [0.3, 0.4) is 0 Å². The number of esters is 2. The van der Waals surface area contributed by atoms with Crippen LogP contribution in [0.4, 0.5) is 0 Å². The first-order valence-electron chi connectivity index (χ1n) is 7.45. The molecule has 128 valence electrons. The van der Waals surface area contributed by atoms with Crippen molar-refractivity contribution in [3.8, 4) is 0 Å². The third kappa shape index (κ3) is 4.42. The molecule has 0 saturated heterocycles. The van der Waals surface area contributed by atoms with Crippen LogP contribution in [0, 0.1) is 0 Å². The first-order valence-corrected chi connectivity index (χ1v) is 7.45. The van der Waals surface area contributed by atoms with Gasteiger partial charge < -0.3 is 19.9 Å². The van der Waals surface area contributed by atoms with Gasteiger partial charge in [0.05, 0.1) is 6.04 Å². The van der Waals surface area contributed by atoms with E-state index in [4.69, 9.17) is 9.47 Å². The zero-order valence-electron chi connectivity index (χ0n) is 13.3. The van der Waals surface area contributed by atoms with Crippen molar-refractivity contribution in [1.29, 1.82) is 0 Å². The number of nitrogens with one attached hydrogen (secondary N) is 1. The number of aliphatic hydroxyl groups excluding tert-OH is 1. The van der Waals surface area contributed by atoms with Crippen LogP contribution in [-0.2, 0) is 19.1 Å². The molecular weight excluding hydrogens is 314 g/mol. The smallest absolute Gasteiger partial charge is 0.303 e. The summed E-state index contributed by atoms with van der Waals surface area (Å²) in [6.45, 7) is 2.39. The molecule has 2 N–H and O–H groups in total. The molecule has 0 spiro atoms. The molecule has 4 unspecified atom stereocenters. The first-order chi connectivity index (χ1) is 11.4. The van der Waals surface area contributed by atoms with Gasteiger partial charge >= 0.3 is 11.9 Å². The van der Waals surface area contributed by atoms with Crippen LogP contribution in [0.15, 0.2) is 42.5 Å². The largest absolute Gasteiger partial charge is 0.456 e. The van der Waals surface area contributed by atoms with E-state index in [1.165, 1.54) is 26.0 Å². The standard InChI is InChI=1S/C17H19NO6/c1-10(19)23-15-13(8-9-14(21)16(15)24-11(2)20)18-17(22)12-6-4-3-5-7-12/h3-9,13-16,21H,1-2H3,(H,18,22). The number of amides is 1. The molecule has 0 radical (unpaired) electrons. The molecule has 7 nitrogen and oxygen atoms in total. The van der Waals surface area contributed by atoms with Gasteiger partial charge in [-0.05, 0) is 12.1 Å². The molecule has 1 aromatic rings. The molecule has 1 aliphatic carbocycles. The van der Waals surface area contributed by atoms with Gasteiger partial charge in [0.1, 0.15) is 6.10 Å². The lowest BCUT2D eigenvalue weighted by Crippen LogP contribution is -2.56. The number of aliphatic hydroxyl groups is 1. The van der Waals surface area contributed by atoms with Gasteiger partial charge in [0.2, 0.25) is 0 Å². The van der Waals surface area contributed by atoms with E-state index >= 15 is 0 Å². The zero-order valence-corrected chi connectivity index (χ0v) is 13.3. The Morgan fingerprint density at radius 2 is 1.54 bits per heavy atom. The summed E-state index contributed by atoms with van der Waals surface area (Å²) >= 11 is 0. The Bertz CT molecular complexity index is 642.